The third kappa shape index (κ3) is 5.80. The molecule has 12 heavy (non-hydrogen) atoms. The zero-order valence-electron chi connectivity index (χ0n) is 7.93. The average Bonchev–Trinajstić information content (AvgIpc) is 2.04. The second-order valence-corrected chi connectivity index (χ2v) is 16.4. The van der Waals surface area contributed by atoms with Crippen molar-refractivity contribution in [3.05, 3.63) is 25.3 Å². The van der Waals surface area contributed by atoms with Crippen molar-refractivity contribution in [1.29, 1.82) is 0 Å². The van der Waals surface area contributed by atoms with Crippen LogP contribution in [0.5, 0.6) is 0 Å². The maximum absolute atomic E-state index is 6.25. The topological polar surface area (TPSA) is 0 Å². The average molecular weight is 219 g/mol. The summed E-state index contributed by atoms with van der Waals surface area (Å²) in [5, 5.41) is 0. The highest BCUT2D eigenvalue weighted by Gasteiger charge is 2.16. The molecule has 0 spiro atoms. The van der Waals surface area contributed by atoms with E-state index < -0.39 is 15.9 Å². The minimum Gasteiger partial charge on any atom is -0.176 e. The van der Waals surface area contributed by atoms with Crippen LogP contribution in [0.1, 0.15) is 12.8 Å². The van der Waals surface area contributed by atoms with Crippen LogP contribution in [0.3, 0.4) is 0 Å². The molecular formula is C9H19ClSi2. The zero-order chi connectivity index (χ0) is 9.40. The number of hydrogen-bond acceptors (Lipinski definition) is 0. The Hall–Kier alpha value is 0.204. The molecule has 0 aliphatic rings. The SMILES string of the molecule is C=CCC[SiH](CCC=C)[SiH](C)Cl. The van der Waals surface area contributed by atoms with Gasteiger partial charge in [-0.3, -0.25) is 0 Å². The van der Waals surface area contributed by atoms with E-state index in [2.05, 4.69) is 19.7 Å². The summed E-state index contributed by atoms with van der Waals surface area (Å²) in [6.45, 7) is 9.76. The van der Waals surface area contributed by atoms with Gasteiger partial charge in [0, 0.05) is 8.31 Å². The van der Waals surface area contributed by atoms with Gasteiger partial charge in [0.05, 0.1) is 0 Å². The Labute approximate surface area is 84.0 Å². The second kappa shape index (κ2) is 7.83. The van der Waals surface area contributed by atoms with Crippen molar-refractivity contribution in [1.82, 2.24) is 0 Å². The third-order valence-electron chi connectivity index (χ3n) is 2.13. The van der Waals surface area contributed by atoms with Crippen molar-refractivity contribution in [2.45, 2.75) is 31.5 Å². The van der Waals surface area contributed by atoms with E-state index >= 15 is 0 Å². The van der Waals surface area contributed by atoms with Crippen LogP contribution in [-0.2, 0) is 0 Å². The van der Waals surface area contributed by atoms with Crippen LogP contribution < -0.4 is 0 Å². The van der Waals surface area contributed by atoms with E-state index in [9.17, 15) is 0 Å². The van der Waals surface area contributed by atoms with Crippen molar-refractivity contribution < 1.29 is 0 Å². The number of hydrogen-bond donors (Lipinski definition) is 0. The van der Waals surface area contributed by atoms with Gasteiger partial charge in [0.1, 0.15) is 7.62 Å². The van der Waals surface area contributed by atoms with Crippen LogP contribution >= 0.6 is 11.1 Å². The quantitative estimate of drug-likeness (QED) is 0.350. The minimum atomic E-state index is -0.833. The van der Waals surface area contributed by atoms with Crippen molar-refractivity contribution in [3.63, 3.8) is 0 Å². The summed E-state index contributed by atoms with van der Waals surface area (Å²) in [5.74, 6) is 0. The zero-order valence-corrected chi connectivity index (χ0v) is 11.0. The molecule has 0 amide bonds. The Morgan fingerprint density at radius 2 is 1.58 bits per heavy atom. The fourth-order valence-electron chi connectivity index (χ4n) is 1.27. The summed E-state index contributed by atoms with van der Waals surface area (Å²) in [7, 11) is -1.41. The molecular weight excluding hydrogens is 200 g/mol. The largest absolute Gasteiger partial charge is 0.176 e. The maximum Gasteiger partial charge on any atom is 0.125 e. The Kier molecular flexibility index (Phi) is 7.97. The first kappa shape index (κ1) is 12.2. The van der Waals surface area contributed by atoms with Gasteiger partial charge in [-0.15, -0.1) is 13.2 Å². The highest BCUT2D eigenvalue weighted by atomic mass is 35.6. The summed E-state index contributed by atoms with van der Waals surface area (Å²) in [4.78, 5) is 0. The first-order chi connectivity index (χ1) is 5.72. The van der Waals surface area contributed by atoms with Gasteiger partial charge in [0.15, 0.2) is 0 Å². The molecule has 0 bridgehead atoms. The molecule has 0 aromatic rings. The molecule has 0 aromatic carbocycles. The molecule has 0 fully saturated rings. The standard InChI is InChI=1S/C9H19ClSi2/c1-4-6-8-12(11(3)10)9-7-5-2/h4-5,11-12H,1-2,6-9H2,3H3. The van der Waals surface area contributed by atoms with Gasteiger partial charge in [-0.05, 0) is 12.8 Å². The molecule has 0 radical (unpaired) electrons. The molecule has 0 nitrogen and oxygen atoms in total. The highest BCUT2D eigenvalue weighted by molar-refractivity contribution is 7.42. The fraction of sp³-hybridized carbons (Fsp3) is 0.556. The number of allylic oxidation sites excluding steroid dienone is 2. The van der Waals surface area contributed by atoms with E-state index in [-0.39, 0.29) is 0 Å². The highest BCUT2D eigenvalue weighted by Crippen LogP contribution is 2.12. The van der Waals surface area contributed by atoms with Crippen LogP contribution in [-0.4, -0.2) is 15.9 Å². The molecule has 1 atom stereocenters. The van der Waals surface area contributed by atoms with Gasteiger partial charge in [-0.2, -0.15) is 11.1 Å². The van der Waals surface area contributed by atoms with Crippen molar-refractivity contribution in [3.8, 4) is 0 Å². The molecule has 0 rings (SSSR count). The first-order valence-electron chi connectivity index (χ1n) is 4.58. The maximum atomic E-state index is 6.25. The van der Waals surface area contributed by atoms with Gasteiger partial charge < -0.3 is 0 Å². The van der Waals surface area contributed by atoms with Crippen molar-refractivity contribution in [2.24, 2.45) is 0 Å². The molecule has 0 saturated heterocycles. The van der Waals surface area contributed by atoms with E-state index in [1.807, 2.05) is 12.2 Å². The normalized spacial score (nSPS) is 12.9. The monoisotopic (exact) mass is 218 g/mol. The Balaban J connectivity index is 3.68. The summed E-state index contributed by atoms with van der Waals surface area (Å²) in [5.41, 5.74) is 0. The van der Waals surface area contributed by atoms with E-state index in [1.165, 1.54) is 12.1 Å². The van der Waals surface area contributed by atoms with E-state index in [1.54, 1.807) is 0 Å². The molecule has 0 heterocycles. The van der Waals surface area contributed by atoms with E-state index in [4.69, 9.17) is 11.1 Å². The molecule has 0 N–H and O–H groups in total. The summed E-state index contributed by atoms with van der Waals surface area (Å²) >= 11 is 6.25. The molecule has 1 unspecified atom stereocenters. The Morgan fingerprint density at radius 3 is 1.83 bits per heavy atom. The van der Waals surface area contributed by atoms with Gasteiger partial charge in [0.2, 0.25) is 0 Å². The van der Waals surface area contributed by atoms with Crippen molar-refractivity contribution in [2.75, 3.05) is 0 Å². The molecule has 70 valence electrons. The van der Waals surface area contributed by atoms with Crippen LogP contribution in [0, 0.1) is 0 Å². The molecule has 0 aliphatic carbocycles. The van der Waals surface area contributed by atoms with Gasteiger partial charge in [-0.1, -0.05) is 30.8 Å². The fourth-order valence-corrected chi connectivity index (χ4v) is 9.98. The first-order valence-corrected chi connectivity index (χ1v) is 11.8. The smallest absolute Gasteiger partial charge is 0.125 e. The van der Waals surface area contributed by atoms with Crippen LogP contribution in [0.15, 0.2) is 25.3 Å². The van der Waals surface area contributed by atoms with Gasteiger partial charge in [0.25, 0.3) is 0 Å². The van der Waals surface area contributed by atoms with Crippen LogP contribution in [0.4, 0.5) is 0 Å². The summed E-state index contributed by atoms with van der Waals surface area (Å²) in [6, 6.07) is 2.71. The number of halogens is 1. The van der Waals surface area contributed by atoms with Crippen LogP contribution in [0.2, 0.25) is 18.6 Å². The van der Waals surface area contributed by atoms with Crippen LogP contribution in [0.25, 0.3) is 0 Å². The lowest BCUT2D eigenvalue weighted by Gasteiger charge is -2.14. The number of rotatable bonds is 7. The minimum absolute atomic E-state index is 0.581. The summed E-state index contributed by atoms with van der Waals surface area (Å²) < 4.78 is 0. The molecule has 0 saturated carbocycles. The molecule has 0 aromatic heterocycles. The lowest BCUT2D eigenvalue weighted by molar-refractivity contribution is 1.13. The lowest BCUT2D eigenvalue weighted by Crippen LogP contribution is -2.27. The Morgan fingerprint density at radius 1 is 1.17 bits per heavy atom. The molecule has 0 aliphatic heterocycles. The van der Waals surface area contributed by atoms with E-state index in [0.29, 0.717) is 0 Å². The predicted molar refractivity (Wildman–Crippen MR) is 65.3 cm³/mol. The molecule has 3 heteroatoms. The lowest BCUT2D eigenvalue weighted by atomic mass is 10.5. The van der Waals surface area contributed by atoms with Gasteiger partial charge >= 0.3 is 0 Å². The predicted octanol–water partition coefficient (Wildman–Crippen LogP) is 3.04. The summed E-state index contributed by atoms with van der Waals surface area (Å²) in [6.07, 6.45) is 6.36. The Bertz CT molecular complexity index is 122. The van der Waals surface area contributed by atoms with Gasteiger partial charge in [-0.25, -0.2) is 0 Å². The second-order valence-electron chi connectivity index (χ2n) is 3.17. The van der Waals surface area contributed by atoms with Crippen molar-refractivity contribution >= 4 is 27.0 Å². The third-order valence-corrected chi connectivity index (χ3v) is 14.7. The van der Waals surface area contributed by atoms with E-state index in [0.717, 1.165) is 12.8 Å².